The van der Waals surface area contributed by atoms with E-state index in [1.165, 1.54) is 6.26 Å². The van der Waals surface area contributed by atoms with Gasteiger partial charge in [0.15, 0.2) is 11.5 Å². The van der Waals surface area contributed by atoms with Crippen molar-refractivity contribution in [3.8, 4) is 11.5 Å². The van der Waals surface area contributed by atoms with Gasteiger partial charge in [-0.05, 0) is 36.6 Å². The lowest BCUT2D eigenvalue weighted by atomic mass is 10.1. The van der Waals surface area contributed by atoms with Crippen LogP contribution in [0.5, 0.6) is 11.5 Å². The van der Waals surface area contributed by atoms with Crippen LogP contribution in [0, 0.1) is 5.92 Å². The van der Waals surface area contributed by atoms with Crippen molar-refractivity contribution in [1.82, 2.24) is 0 Å². The van der Waals surface area contributed by atoms with Crippen molar-refractivity contribution in [2.75, 3.05) is 6.79 Å². The molecule has 0 N–H and O–H groups in total. The normalized spacial score (nSPS) is 13.8. The number of benzene rings is 1. The lowest BCUT2D eigenvalue weighted by Crippen LogP contribution is -2.08. The van der Waals surface area contributed by atoms with Gasteiger partial charge in [-0.25, -0.2) is 0 Å². The number of hydrogen-bond acceptors (Lipinski definition) is 4. The zero-order valence-electron chi connectivity index (χ0n) is 11.4. The predicted octanol–water partition coefficient (Wildman–Crippen LogP) is 3.06. The molecular formula is C15H18O4. The highest BCUT2D eigenvalue weighted by Gasteiger charge is 2.13. The smallest absolute Gasteiger partial charge is 0.313 e. The number of allylic oxidation sites excluding steroid dienone is 1. The molecule has 0 radical (unpaired) electrons. The summed E-state index contributed by atoms with van der Waals surface area (Å²) in [5, 5.41) is 0. The Hall–Kier alpha value is -1.97. The van der Waals surface area contributed by atoms with Crippen LogP contribution in [0.2, 0.25) is 0 Å². The molecular weight excluding hydrogens is 244 g/mol. The van der Waals surface area contributed by atoms with Crippen LogP contribution in [-0.2, 0) is 16.0 Å². The second-order valence-electron chi connectivity index (χ2n) is 4.92. The van der Waals surface area contributed by atoms with Crippen molar-refractivity contribution in [3.05, 3.63) is 35.6 Å². The molecule has 2 rings (SSSR count). The molecule has 1 aromatic carbocycles. The van der Waals surface area contributed by atoms with Gasteiger partial charge >= 0.3 is 5.97 Å². The lowest BCUT2D eigenvalue weighted by Gasteiger charge is -2.05. The monoisotopic (exact) mass is 262 g/mol. The van der Waals surface area contributed by atoms with E-state index < -0.39 is 0 Å². The first kappa shape index (κ1) is 13.5. The van der Waals surface area contributed by atoms with E-state index in [4.69, 9.17) is 14.2 Å². The van der Waals surface area contributed by atoms with Crippen LogP contribution in [0.15, 0.2) is 30.0 Å². The molecule has 1 aromatic rings. The maximum atomic E-state index is 11.3. The summed E-state index contributed by atoms with van der Waals surface area (Å²) >= 11 is 0. The van der Waals surface area contributed by atoms with Crippen molar-refractivity contribution in [1.29, 1.82) is 0 Å². The first-order valence-electron chi connectivity index (χ1n) is 6.31. The Balaban J connectivity index is 1.97. The summed E-state index contributed by atoms with van der Waals surface area (Å²) in [4.78, 5) is 11.3. The van der Waals surface area contributed by atoms with Crippen LogP contribution < -0.4 is 9.47 Å². The molecule has 0 fully saturated rings. The summed E-state index contributed by atoms with van der Waals surface area (Å²) in [7, 11) is 0. The summed E-state index contributed by atoms with van der Waals surface area (Å²) < 4.78 is 15.7. The Kier molecular flexibility index (Phi) is 4.10. The van der Waals surface area contributed by atoms with Gasteiger partial charge in [-0.1, -0.05) is 19.9 Å². The largest absolute Gasteiger partial charge is 0.454 e. The van der Waals surface area contributed by atoms with E-state index in [1.54, 1.807) is 0 Å². The highest BCUT2D eigenvalue weighted by atomic mass is 16.7. The zero-order chi connectivity index (χ0) is 13.8. The molecule has 0 amide bonds. The minimum atomic E-state index is -0.218. The molecule has 0 saturated carbocycles. The number of hydrogen-bond donors (Lipinski definition) is 0. The molecule has 102 valence electrons. The van der Waals surface area contributed by atoms with Gasteiger partial charge in [-0.15, -0.1) is 0 Å². The molecule has 4 nitrogen and oxygen atoms in total. The number of fused-ring (bicyclic) bond motifs is 1. The van der Waals surface area contributed by atoms with E-state index in [0.717, 1.165) is 22.6 Å². The van der Waals surface area contributed by atoms with Crippen LogP contribution in [0.1, 0.15) is 26.3 Å². The van der Waals surface area contributed by atoms with Crippen molar-refractivity contribution in [2.24, 2.45) is 5.92 Å². The van der Waals surface area contributed by atoms with Crippen molar-refractivity contribution < 1.29 is 19.0 Å². The number of rotatable bonds is 4. The Morgan fingerprint density at radius 2 is 2.11 bits per heavy atom. The quantitative estimate of drug-likeness (QED) is 0.618. The van der Waals surface area contributed by atoms with E-state index in [1.807, 2.05) is 39.0 Å². The van der Waals surface area contributed by atoms with Crippen LogP contribution in [-0.4, -0.2) is 12.8 Å². The van der Waals surface area contributed by atoms with Gasteiger partial charge in [0.2, 0.25) is 6.79 Å². The third-order valence-electron chi connectivity index (χ3n) is 2.77. The van der Waals surface area contributed by atoms with Gasteiger partial charge in [0.05, 0.1) is 12.2 Å². The van der Waals surface area contributed by atoms with E-state index in [-0.39, 0.29) is 18.7 Å². The molecule has 1 heterocycles. The SMILES string of the molecule is CC(=COC(=O)C(C)C)Cc1ccc2c(c1)OCO2. The summed E-state index contributed by atoms with van der Waals surface area (Å²) in [6.07, 6.45) is 2.23. The predicted molar refractivity (Wildman–Crippen MR) is 71.0 cm³/mol. The maximum absolute atomic E-state index is 11.3. The molecule has 0 atom stereocenters. The summed E-state index contributed by atoms with van der Waals surface area (Å²) in [5.41, 5.74) is 2.08. The first-order chi connectivity index (χ1) is 9.06. The van der Waals surface area contributed by atoms with Gasteiger partial charge in [-0.3, -0.25) is 4.79 Å². The summed E-state index contributed by atoms with van der Waals surface area (Å²) in [6, 6.07) is 5.82. The average molecular weight is 262 g/mol. The molecule has 0 spiro atoms. The minimum Gasteiger partial charge on any atom is -0.454 e. The summed E-state index contributed by atoms with van der Waals surface area (Å²) in [6.45, 7) is 5.82. The molecule has 4 heteroatoms. The first-order valence-corrected chi connectivity index (χ1v) is 6.31. The number of carbonyl (C=O) groups excluding carboxylic acids is 1. The van der Waals surface area contributed by atoms with Gasteiger partial charge in [0, 0.05) is 0 Å². The van der Waals surface area contributed by atoms with Crippen molar-refractivity contribution >= 4 is 5.97 Å². The molecule has 0 aliphatic carbocycles. The third kappa shape index (κ3) is 3.50. The fourth-order valence-electron chi connectivity index (χ4n) is 1.71. The van der Waals surface area contributed by atoms with E-state index >= 15 is 0 Å². The van der Waals surface area contributed by atoms with Crippen LogP contribution in [0.25, 0.3) is 0 Å². The molecule has 19 heavy (non-hydrogen) atoms. The maximum Gasteiger partial charge on any atom is 0.313 e. The highest BCUT2D eigenvalue weighted by Crippen LogP contribution is 2.33. The molecule has 0 unspecified atom stereocenters. The highest BCUT2D eigenvalue weighted by molar-refractivity contribution is 5.72. The fourth-order valence-corrected chi connectivity index (χ4v) is 1.71. The van der Waals surface area contributed by atoms with Crippen molar-refractivity contribution in [3.63, 3.8) is 0 Å². The third-order valence-corrected chi connectivity index (χ3v) is 2.77. The van der Waals surface area contributed by atoms with Gasteiger partial charge in [0.1, 0.15) is 0 Å². The van der Waals surface area contributed by atoms with Crippen LogP contribution >= 0.6 is 0 Å². The van der Waals surface area contributed by atoms with E-state index in [0.29, 0.717) is 6.42 Å². The second kappa shape index (κ2) is 5.78. The van der Waals surface area contributed by atoms with Gasteiger partial charge in [0.25, 0.3) is 0 Å². The molecule has 0 saturated heterocycles. The topological polar surface area (TPSA) is 44.8 Å². The van der Waals surface area contributed by atoms with E-state index in [9.17, 15) is 4.79 Å². The Morgan fingerprint density at radius 1 is 1.37 bits per heavy atom. The Morgan fingerprint density at radius 3 is 2.84 bits per heavy atom. The molecule has 1 aliphatic rings. The van der Waals surface area contributed by atoms with Crippen molar-refractivity contribution in [2.45, 2.75) is 27.2 Å². The average Bonchev–Trinajstić information content (AvgIpc) is 2.83. The second-order valence-corrected chi connectivity index (χ2v) is 4.92. The Bertz CT molecular complexity index is 503. The zero-order valence-corrected chi connectivity index (χ0v) is 11.4. The van der Waals surface area contributed by atoms with E-state index in [2.05, 4.69) is 0 Å². The number of carbonyl (C=O) groups is 1. The molecule has 0 aromatic heterocycles. The van der Waals surface area contributed by atoms with Crippen LogP contribution in [0.4, 0.5) is 0 Å². The number of esters is 1. The van der Waals surface area contributed by atoms with Crippen LogP contribution in [0.3, 0.4) is 0 Å². The minimum absolute atomic E-state index is 0.116. The molecule has 1 aliphatic heterocycles. The fraction of sp³-hybridized carbons (Fsp3) is 0.400. The van der Waals surface area contributed by atoms with Gasteiger partial charge in [-0.2, -0.15) is 0 Å². The number of ether oxygens (including phenoxy) is 3. The Labute approximate surface area is 113 Å². The lowest BCUT2D eigenvalue weighted by molar-refractivity contribution is -0.141. The summed E-state index contributed by atoms with van der Waals surface area (Å²) in [5.74, 6) is 1.21. The standard InChI is InChI=1S/C15H18O4/c1-10(2)15(16)17-8-11(3)6-12-4-5-13-14(7-12)19-9-18-13/h4-5,7-8,10H,6,9H2,1-3H3. The van der Waals surface area contributed by atoms with Gasteiger partial charge < -0.3 is 14.2 Å². The molecule has 0 bridgehead atoms.